The molecule has 2 heterocycles. The summed E-state index contributed by atoms with van der Waals surface area (Å²) in [6.45, 7) is 3.63. The van der Waals surface area contributed by atoms with Gasteiger partial charge >= 0.3 is 0 Å². The summed E-state index contributed by atoms with van der Waals surface area (Å²) < 4.78 is 23.2. The number of hydrogen-bond acceptors (Lipinski definition) is 5. The summed E-state index contributed by atoms with van der Waals surface area (Å²) in [5.74, 6) is 1.52. The molecule has 0 amide bonds. The van der Waals surface area contributed by atoms with Gasteiger partial charge in [0.1, 0.15) is 5.58 Å². The summed E-state index contributed by atoms with van der Waals surface area (Å²) in [7, 11) is -1.04. The first-order valence-electron chi connectivity index (χ1n) is 8.07. The Labute approximate surface area is 157 Å². The summed E-state index contributed by atoms with van der Waals surface area (Å²) in [5, 5.41) is 9.36. The van der Waals surface area contributed by atoms with E-state index in [1.54, 1.807) is 19.3 Å². The Morgan fingerprint density at radius 1 is 1.12 bits per heavy atom. The molecule has 2 aromatic carbocycles. The summed E-state index contributed by atoms with van der Waals surface area (Å²) in [6, 6.07) is 11.1. The molecule has 0 radical (unpaired) electrons. The number of benzene rings is 2. The van der Waals surface area contributed by atoms with Gasteiger partial charge in [-0.05, 0) is 30.3 Å². The first-order chi connectivity index (χ1) is 12.6. The van der Waals surface area contributed by atoms with Crippen LogP contribution < -0.4 is 0 Å². The molecule has 0 bridgehead atoms. The molecule has 4 aromatic rings. The highest BCUT2D eigenvalue weighted by molar-refractivity contribution is 7.85. The Kier molecular flexibility index (Phi) is 4.38. The minimum Gasteiger partial charge on any atom is -0.464 e. The first kappa shape index (κ1) is 17.0. The molecule has 0 aliphatic heterocycles. The van der Waals surface area contributed by atoms with Crippen LogP contribution in [0.4, 0.5) is 0 Å². The van der Waals surface area contributed by atoms with E-state index in [9.17, 15) is 4.21 Å². The topological polar surface area (TPSA) is 69.1 Å². The standard InChI is InChI=1S/C19H15ClN2O3S/c1-3-26(23)13-5-6-14(17(20)9-13)16-10-24-18-7-4-12(8-15(16)18)19-22-21-11(2)25-19/h4-10H,3H2,1-2H3. The zero-order chi connectivity index (χ0) is 18.3. The van der Waals surface area contributed by atoms with Crippen molar-refractivity contribution in [3.05, 3.63) is 53.6 Å². The van der Waals surface area contributed by atoms with E-state index in [0.29, 0.717) is 22.6 Å². The van der Waals surface area contributed by atoms with E-state index in [0.717, 1.165) is 32.6 Å². The van der Waals surface area contributed by atoms with Crippen molar-refractivity contribution >= 4 is 33.4 Å². The fraction of sp³-hybridized carbons (Fsp3) is 0.158. The van der Waals surface area contributed by atoms with Crippen LogP contribution in [0.3, 0.4) is 0 Å². The summed E-state index contributed by atoms with van der Waals surface area (Å²) in [5.41, 5.74) is 3.22. The van der Waals surface area contributed by atoms with Crippen LogP contribution >= 0.6 is 11.6 Å². The minimum atomic E-state index is -1.04. The second-order valence-corrected chi connectivity index (χ2v) is 7.91. The zero-order valence-corrected chi connectivity index (χ0v) is 15.7. The average Bonchev–Trinajstić information content (AvgIpc) is 3.26. The maximum Gasteiger partial charge on any atom is 0.247 e. The predicted octanol–water partition coefficient (Wildman–Crippen LogP) is 5.24. The van der Waals surface area contributed by atoms with Crippen molar-refractivity contribution in [1.82, 2.24) is 10.2 Å². The third-order valence-electron chi connectivity index (χ3n) is 4.10. The van der Waals surface area contributed by atoms with E-state index >= 15 is 0 Å². The van der Waals surface area contributed by atoms with Crippen LogP contribution in [0.25, 0.3) is 33.6 Å². The van der Waals surface area contributed by atoms with Gasteiger partial charge in [0.15, 0.2) is 0 Å². The number of rotatable bonds is 4. The van der Waals surface area contributed by atoms with Gasteiger partial charge in [-0.25, -0.2) is 0 Å². The molecule has 7 heteroatoms. The number of hydrogen-bond donors (Lipinski definition) is 0. The van der Waals surface area contributed by atoms with Crippen LogP contribution in [0, 0.1) is 6.92 Å². The Balaban J connectivity index is 1.83. The van der Waals surface area contributed by atoms with E-state index < -0.39 is 10.8 Å². The number of nitrogens with zero attached hydrogens (tertiary/aromatic N) is 2. The maximum absolute atomic E-state index is 12.0. The lowest BCUT2D eigenvalue weighted by Gasteiger charge is -2.06. The third-order valence-corrected chi connectivity index (χ3v) is 5.72. The molecule has 0 saturated carbocycles. The second kappa shape index (κ2) is 6.70. The third kappa shape index (κ3) is 2.95. The molecule has 1 unspecified atom stereocenters. The van der Waals surface area contributed by atoms with Gasteiger partial charge in [-0.15, -0.1) is 10.2 Å². The van der Waals surface area contributed by atoms with E-state index in [1.807, 2.05) is 37.3 Å². The summed E-state index contributed by atoms with van der Waals surface area (Å²) in [6.07, 6.45) is 1.67. The molecule has 5 nitrogen and oxygen atoms in total. The lowest BCUT2D eigenvalue weighted by molar-refractivity contribution is 0.533. The van der Waals surface area contributed by atoms with E-state index in [1.165, 1.54) is 0 Å². The molecule has 0 fully saturated rings. The van der Waals surface area contributed by atoms with Crippen molar-refractivity contribution in [1.29, 1.82) is 0 Å². The fourth-order valence-corrected chi connectivity index (χ4v) is 3.96. The minimum absolute atomic E-state index is 0.455. The Morgan fingerprint density at radius 2 is 1.96 bits per heavy atom. The van der Waals surface area contributed by atoms with Crippen molar-refractivity contribution < 1.29 is 13.0 Å². The average molecular weight is 387 g/mol. The van der Waals surface area contributed by atoms with Crippen LogP contribution in [0.2, 0.25) is 5.02 Å². The molecule has 4 rings (SSSR count). The van der Waals surface area contributed by atoms with Gasteiger partial charge in [-0.2, -0.15) is 0 Å². The van der Waals surface area contributed by atoms with Gasteiger partial charge in [0, 0.05) is 44.7 Å². The molecule has 0 aliphatic carbocycles. The SMILES string of the molecule is CCS(=O)c1ccc(-c2coc3ccc(-c4nnc(C)o4)cc23)c(Cl)c1. The summed E-state index contributed by atoms with van der Waals surface area (Å²) >= 11 is 6.47. The number of aromatic nitrogens is 2. The predicted molar refractivity (Wildman–Crippen MR) is 102 cm³/mol. The molecule has 0 spiro atoms. The molecule has 26 heavy (non-hydrogen) atoms. The van der Waals surface area contributed by atoms with E-state index in [-0.39, 0.29) is 0 Å². The van der Waals surface area contributed by atoms with Crippen LogP contribution in [0.15, 0.2) is 56.4 Å². The van der Waals surface area contributed by atoms with Gasteiger partial charge in [0.2, 0.25) is 11.8 Å². The lowest BCUT2D eigenvalue weighted by Crippen LogP contribution is -1.94. The molecule has 0 aliphatic rings. The molecular weight excluding hydrogens is 372 g/mol. The van der Waals surface area contributed by atoms with Crippen LogP contribution in [-0.2, 0) is 10.8 Å². The highest BCUT2D eigenvalue weighted by Gasteiger charge is 2.15. The van der Waals surface area contributed by atoms with Gasteiger partial charge in [0.25, 0.3) is 0 Å². The van der Waals surface area contributed by atoms with E-state index in [2.05, 4.69) is 10.2 Å². The van der Waals surface area contributed by atoms with Gasteiger partial charge in [-0.3, -0.25) is 4.21 Å². The molecular formula is C19H15ClN2O3S. The monoisotopic (exact) mass is 386 g/mol. The maximum atomic E-state index is 12.0. The van der Waals surface area contributed by atoms with Crippen LogP contribution in [-0.4, -0.2) is 20.2 Å². The van der Waals surface area contributed by atoms with Crippen molar-refractivity contribution in [2.24, 2.45) is 0 Å². The fourth-order valence-electron chi connectivity index (χ4n) is 2.81. The van der Waals surface area contributed by atoms with Crippen LogP contribution in [0.5, 0.6) is 0 Å². The Morgan fingerprint density at radius 3 is 2.65 bits per heavy atom. The first-order valence-corrected chi connectivity index (χ1v) is 9.76. The Hall–Kier alpha value is -2.44. The molecule has 0 saturated heterocycles. The number of fused-ring (bicyclic) bond motifs is 1. The van der Waals surface area contributed by atoms with Crippen molar-refractivity contribution in [2.45, 2.75) is 18.7 Å². The molecule has 0 N–H and O–H groups in total. The normalized spacial score (nSPS) is 12.6. The molecule has 1 atom stereocenters. The molecule has 2 aromatic heterocycles. The van der Waals surface area contributed by atoms with Crippen molar-refractivity contribution in [2.75, 3.05) is 5.75 Å². The van der Waals surface area contributed by atoms with E-state index in [4.69, 9.17) is 20.4 Å². The number of halogens is 1. The smallest absolute Gasteiger partial charge is 0.247 e. The summed E-state index contributed by atoms with van der Waals surface area (Å²) in [4.78, 5) is 0.719. The largest absolute Gasteiger partial charge is 0.464 e. The van der Waals surface area contributed by atoms with Gasteiger partial charge in [0.05, 0.1) is 17.1 Å². The Bertz CT molecular complexity index is 1130. The highest BCUT2D eigenvalue weighted by Crippen LogP contribution is 2.37. The second-order valence-electron chi connectivity index (χ2n) is 5.76. The lowest BCUT2D eigenvalue weighted by atomic mass is 10.0. The highest BCUT2D eigenvalue weighted by atomic mass is 35.5. The van der Waals surface area contributed by atoms with Crippen molar-refractivity contribution in [3.63, 3.8) is 0 Å². The van der Waals surface area contributed by atoms with Crippen LogP contribution in [0.1, 0.15) is 12.8 Å². The molecule has 132 valence electrons. The quantitative estimate of drug-likeness (QED) is 0.479. The van der Waals surface area contributed by atoms with Crippen molar-refractivity contribution in [3.8, 4) is 22.6 Å². The van der Waals surface area contributed by atoms with Gasteiger partial charge in [-0.1, -0.05) is 24.6 Å². The number of furan rings is 1. The number of aryl methyl sites for hydroxylation is 1. The zero-order valence-electron chi connectivity index (χ0n) is 14.2. The van der Waals surface area contributed by atoms with Gasteiger partial charge < -0.3 is 8.83 Å².